The van der Waals surface area contributed by atoms with Gasteiger partial charge in [0, 0.05) is 12.6 Å². The lowest BCUT2D eigenvalue weighted by Crippen LogP contribution is -2.40. The van der Waals surface area contributed by atoms with Gasteiger partial charge in [-0.1, -0.05) is 13.8 Å². The molecule has 0 saturated heterocycles. The number of nitrogens with zero attached hydrogens (tertiary/aromatic N) is 1. The smallest absolute Gasteiger partial charge is 0.260 e. The Labute approximate surface area is 127 Å². The van der Waals surface area contributed by atoms with Gasteiger partial charge in [-0.2, -0.15) is 0 Å². The topological polar surface area (TPSA) is 63.2 Å². The second-order valence-electron chi connectivity index (χ2n) is 5.93. The number of amides is 1. The zero-order valence-electron chi connectivity index (χ0n) is 13.6. The van der Waals surface area contributed by atoms with Crippen molar-refractivity contribution in [2.45, 2.75) is 53.3 Å². The molecule has 2 N–H and O–H groups in total. The van der Waals surface area contributed by atoms with Gasteiger partial charge in [0.05, 0.1) is 11.9 Å². The lowest BCUT2D eigenvalue weighted by Gasteiger charge is -2.16. The standard InChI is InChI=1S/C16H27N3O2/c1-11(2)8-17-9-14-6-7-15(10-18-14)21-13(5)16(20)19-12(3)4/h6-7,10-13,17H,8-9H2,1-5H3,(H,19,20). The molecule has 0 aliphatic carbocycles. The molecular formula is C16H27N3O2. The van der Waals surface area contributed by atoms with E-state index in [0.717, 1.165) is 18.8 Å². The molecule has 5 nitrogen and oxygen atoms in total. The summed E-state index contributed by atoms with van der Waals surface area (Å²) in [6.45, 7) is 11.6. The Kier molecular flexibility index (Phi) is 7.15. The number of carbonyl (C=O) groups excluding carboxylic acids is 1. The normalized spacial score (nSPS) is 12.5. The van der Waals surface area contributed by atoms with Crippen molar-refractivity contribution >= 4 is 5.91 Å². The van der Waals surface area contributed by atoms with Crippen LogP contribution in [0.5, 0.6) is 5.75 Å². The van der Waals surface area contributed by atoms with E-state index in [0.29, 0.717) is 11.7 Å². The van der Waals surface area contributed by atoms with Crippen LogP contribution in [0.3, 0.4) is 0 Å². The Hall–Kier alpha value is -1.62. The molecule has 0 aliphatic heterocycles. The highest BCUT2D eigenvalue weighted by molar-refractivity contribution is 5.80. The van der Waals surface area contributed by atoms with Crippen molar-refractivity contribution in [2.24, 2.45) is 5.92 Å². The van der Waals surface area contributed by atoms with E-state index >= 15 is 0 Å². The van der Waals surface area contributed by atoms with Crippen molar-refractivity contribution in [2.75, 3.05) is 6.54 Å². The Morgan fingerprint density at radius 1 is 1.24 bits per heavy atom. The van der Waals surface area contributed by atoms with Gasteiger partial charge in [0.15, 0.2) is 6.10 Å². The molecule has 118 valence electrons. The molecule has 0 bridgehead atoms. The number of aromatic nitrogens is 1. The van der Waals surface area contributed by atoms with Crippen LogP contribution in [0.2, 0.25) is 0 Å². The van der Waals surface area contributed by atoms with Gasteiger partial charge in [0.1, 0.15) is 5.75 Å². The second-order valence-corrected chi connectivity index (χ2v) is 5.93. The molecule has 1 amide bonds. The molecule has 0 aliphatic rings. The van der Waals surface area contributed by atoms with Gasteiger partial charge in [-0.25, -0.2) is 0 Å². The number of carbonyl (C=O) groups is 1. The summed E-state index contributed by atoms with van der Waals surface area (Å²) in [6.07, 6.45) is 1.13. The molecule has 1 rings (SSSR count). The molecule has 0 radical (unpaired) electrons. The summed E-state index contributed by atoms with van der Waals surface area (Å²) in [5, 5.41) is 6.15. The van der Waals surface area contributed by atoms with Gasteiger partial charge in [0.25, 0.3) is 5.91 Å². The van der Waals surface area contributed by atoms with Crippen molar-refractivity contribution in [1.29, 1.82) is 0 Å². The Bertz CT molecular complexity index is 430. The largest absolute Gasteiger partial charge is 0.479 e. The maximum absolute atomic E-state index is 11.8. The van der Waals surface area contributed by atoms with Crippen molar-refractivity contribution in [3.63, 3.8) is 0 Å². The molecule has 1 aromatic rings. The molecule has 0 saturated carbocycles. The van der Waals surface area contributed by atoms with Crippen molar-refractivity contribution < 1.29 is 9.53 Å². The van der Waals surface area contributed by atoms with E-state index in [9.17, 15) is 4.79 Å². The number of rotatable bonds is 8. The molecule has 21 heavy (non-hydrogen) atoms. The zero-order valence-corrected chi connectivity index (χ0v) is 13.6. The summed E-state index contributed by atoms with van der Waals surface area (Å²) in [6, 6.07) is 3.87. The second kappa shape index (κ2) is 8.62. The van der Waals surface area contributed by atoms with Gasteiger partial charge >= 0.3 is 0 Å². The monoisotopic (exact) mass is 293 g/mol. The summed E-state index contributed by atoms with van der Waals surface area (Å²) in [5.41, 5.74) is 0.960. The third-order valence-corrected chi connectivity index (χ3v) is 2.77. The summed E-state index contributed by atoms with van der Waals surface area (Å²) in [5.74, 6) is 1.11. The molecule has 1 unspecified atom stereocenters. The summed E-state index contributed by atoms with van der Waals surface area (Å²) >= 11 is 0. The van der Waals surface area contributed by atoms with E-state index in [1.54, 1.807) is 13.1 Å². The maximum atomic E-state index is 11.8. The highest BCUT2D eigenvalue weighted by Gasteiger charge is 2.15. The van der Waals surface area contributed by atoms with E-state index < -0.39 is 6.10 Å². The first-order valence-corrected chi connectivity index (χ1v) is 7.51. The summed E-state index contributed by atoms with van der Waals surface area (Å²) < 4.78 is 5.58. The highest BCUT2D eigenvalue weighted by Crippen LogP contribution is 2.11. The molecule has 1 aromatic heterocycles. The number of hydrogen-bond acceptors (Lipinski definition) is 4. The Balaban J connectivity index is 2.45. The minimum absolute atomic E-state index is 0.107. The number of nitrogens with one attached hydrogen (secondary N) is 2. The summed E-state index contributed by atoms with van der Waals surface area (Å²) in [7, 11) is 0. The molecule has 5 heteroatoms. The van der Waals surface area contributed by atoms with Crippen LogP contribution in [0.1, 0.15) is 40.3 Å². The van der Waals surface area contributed by atoms with Crippen molar-refractivity contribution in [1.82, 2.24) is 15.6 Å². The first-order chi connectivity index (χ1) is 9.88. The van der Waals surface area contributed by atoms with E-state index in [2.05, 4.69) is 29.5 Å². The molecule has 0 spiro atoms. The van der Waals surface area contributed by atoms with Crippen LogP contribution in [-0.2, 0) is 11.3 Å². The van der Waals surface area contributed by atoms with Crippen LogP contribution >= 0.6 is 0 Å². The lowest BCUT2D eigenvalue weighted by molar-refractivity contribution is -0.127. The molecule has 0 fully saturated rings. The van der Waals surface area contributed by atoms with Gasteiger partial charge in [-0.15, -0.1) is 0 Å². The Morgan fingerprint density at radius 2 is 1.95 bits per heavy atom. The van der Waals surface area contributed by atoms with Crippen LogP contribution in [0.25, 0.3) is 0 Å². The van der Waals surface area contributed by atoms with Crippen LogP contribution in [0, 0.1) is 5.92 Å². The number of hydrogen-bond donors (Lipinski definition) is 2. The van der Waals surface area contributed by atoms with Gasteiger partial charge < -0.3 is 15.4 Å². The third kappa shape index (κ3) is 7.09. The van der Waals surface area contributed by atoms with E-state index in [1.807, 2.05) is 26.0 Å². The van der Waals surface area contributed by atoms with E-state index in [1.165, 1.54) is 0 Å². The fourth-order valence-electron chi connectivity index (χ4n) is 1.73. The molecule has 1 atom stereocenters. The van der Waals surface area contributed by atoms with Crippen molar-refractivity contribution in [3.8, 4) is 5.75 Å². The highest BCUT2D eigenvalue weighted by atomic mass is 16.5. The van der Waals surface area contributed by atoms with Crippen molar-refractivity contribution in [3.05, 3.63) is 24.0 Å². The first-order valence-electron chi connectivity index (χ1n) is 7.51. The van der Waals surface area contributed by atoms with Crippen LogP contribution in [0.4, 0.5) is 0 Å². The Morgan fingerprint density at radius 3 is 2.48 bits per heavy atom. The minimum Gasteiger partial charge on any atom is -0.479 e. The number of ether oxygens (including phenoxy) is 1. The molecule has 1 heterocycles. The predicted molar refractivity (Wildman–Crippen MR) is 84.2 cm³/mol. The van der Waals surface area contributed by atoms with E-state index in [-0.39, 0.29) is 11.9 Å². The summed E-state index contributed by atoms with van der Waals surface area (Å²) in [4.78, 5) is 16.1. The minimum atomic E-state index is -0.529. The van der Waals surface area contributed by atoms with Gasteiger partial charge in [0.2, 0.25) is 0 Å². The van der Waals surface area contributed by atoms with Crippen LogP contribution in [-0.4, -0.2) is 29.6 Å². The maximum Gasteiger partial charge on any atom is 0.260 e. The number of pyridine rings is 1. The molecular weight excluding hydrogens is 266 g/mol. The van der Waals surface area contributed by atoms with Crippen LogP contribution in [0.15, 0.2) is 18.3 Å². The quantitative estimate of drug-likeness (QED) is 0.770. The zero-order chi connectivity index (χ0) is 15.8. The third-order valence-electron chi connectivity index (χ3n) is 2.77. The predicted octanol–water partition coefficient (Wildman–Crippen LogP) is 2.12. The average Bonchev–Trinajstić information content (AvgIpc) is 2.39. The lowest BCUT2D eigenvalue weighted by atomic mass is 10.2. The fraction of sp³-hybridized carbons (Fsp3) is 0.625. The average molecular weight is 293 g/mol. The van der Waals surface area contributed by atoms with Gasteiger partial charge in [-0.05, 0) is 45.4 Å². The van der Waals surface area contributed by atoms with E-state index in [4.69, 9.17) is 4.74 Å². The first kappa shape index (κ1) is 17.4. The molecule has 0 aromatic carbocycles. The van der Waals surface area contributed by atoms with Gasteiger partial charge in [-0.3, -0.25) is 9.78 Å². The fourth-order valence-corrected chi connectivity index (χ4v) is 1.73. The van der Waals surface area contributed by atoms with Crippen LogP contribution < -0.4 is 15.4 Å². The SMILES string of the molecule is CC(C)CNCc1ccc(OC(C)C(=O)NC(C)C)cn1.